The molecule has 0 fully saturated rings. The van der Waals surface area contributed by atoms with Crippen LogP contribution in [0.25, 0.3) is 0 Å². The molecule has 1 N–H and O–H groups in total. The van der Waals surface area contributed by atoms with Crippen molar-refractivity contribution in [2.75, 3.05) is 0 Å². The number of unbranched alkanes of at least 4 members (excludes halogenated alkanes) is 2. The molecule has 0 saturated heterocycles. The zero-order valence-corrected chi connectivity index (χ0v) is 15.4. The lowest BCUT2D eigenvalue weighted by atomic mass is 9.89. The lowest BCUT2D eigenvalue weighted by Gasteiger charge is -2.17. The van der Waals surface area contributed by atoms with E-state index in [2.05, 4.69) is 36.8 Å². The number of rotatable bonds is 8. The van der Waals surface area contributed by atoms with Crippen LogP contribution in [-0.2, 0) is 23.9 Å². The molecule has 6 heteroatoms. The van der Waals surface area contributed by atoms with E-state index in [0.29, 0.717) is 11.8 Å². The molecule has 0 aliphatic rings. The number of aliphatic carboxylic acids is 1. The van der Waals surface area contributed by atoms with Gasteiger partial charge in [0.25, 0.3) is 5.95 Å². The minimum Gasteiger partial charge on any atom is -0.481 e. The average Bonchev–Trinajstić information content (AvgIpc) is 2.36. The second-order valence-corrected chi connectivity index (χ2v) is 6.40. The Kier molecular flexibility index (Phi) is 13.4. The lowest BCUT2D eigenvalue weighted by Crippen LogP contribution is -2.05. The maximum Gasteiger partial charge on any atom is 0.338 e. The Hall–Kier alpha value is -2.11. The molecule has 138 valence electrons. The van der Waals surface area contributed by atoms with Crippen LogP contribution >= 0.6 is 0 Å². The maximum absolute atomic E-state index is 10.7. The molecule has 0 unspecified atom stereocenters. The van der Waals surface area contributed by atoms with Crippen LogP contribution in [0.15, 0.2) is 24.7 Å². The number of ether oxygens (including phenoxy) is 2. The van der Waals surface area contributed by atoms with Gasteiger partial charge in [-0.05, 0) is 31.8 Å². The minimum absolute atomic E-state index is 0.314. The molecule has 0 aliphatic carbocycles. The van der Waals surface area contributed by atoms with E-state index in [9.17, 15) is 14.4 Å². The topological polar surface area (TPSA) is 89.9 Å². The summed E-state index contributed by atoms with van der Waals surface area (Å²) in [5.74, 6) is -2.19. The SMILES string of the molecule is C=C(OC(C)=O)OC(=O)/C=C/C.CC(C)(C)CCCCCC(=O)O. The number of carboxylic acids is 1. The number of esters is 2. The van der Waals surface area contributed by atoms with Crippen molar-refractivity contribution >= 4 is 17.9 Å². The van der Waals surface area contributed by atoms with E-state index in [1.807, 2.05) is 0 Å². The van der Waals surface area contributed by atoms with E-state index in [1.165, 1.54) is 25.5 Å². The highest BCUT2D eigenvalue weighted by molar-refractivity contribution is 5.82. The number of carbonyl (C=O) groups is 3. The van der Waals surface area contributed by atoms with Crippen LogP contribution in [0.2, 0.25) is 0 Å². The fourth-order valence-electron chi connectivity index (χ4n) is 1.57. The van der Waals surface area contributed by atoms with Crippen LogP contribution in [0.4, 0.5) is 0 Å². The minimum atomic E-state index is -0.675. The number of allylic oxidation sites excluding steroid dienone is 1. The van der Waals surface area contributed by atoms with Gasteiger partial charge in [-0.1, -0.05) is 39.7 Å². The normalized spacial score (nSPS) is 10.5. The Balaban J connectivity index is 0. The Morgan fingerprint density at radius 3 is 2.08 bits per heavy atom. The average molecular weight is 342 g/mol. The summed E-state index contributed by atoms with van der Waals surface area (Å²) < 4.78 is 8.80. The van der Waals surface area contributed by atoms with Crippen molar-refractivity contribution < 1.29 is 29.0 Å². The zero-order chi connectivity index (χ0) is 19.2. The second-order valence-electron chi connectivity index (χ2n) is 6.40. The molecule has 0 amide bonds. The quantitative estimate of drug-likeness (QED) is 0.307. The van der Waals surface area contributed by atoms with Crippen molar-refractivity contribution in [1.82, 2.24) is 0 Å². The number of carbonyl (C=O) groups excluding carboxylic acids is 2. The van der Waals surface area contributed by atoms with Gasteiger partial charge < -0.3 is 14.6 Å². The summed E-state index contributed by atoms with van der Waals surface area (Å²) in [6, 6.07) is 0. The fourth-order valence-corrected chi connectivity index (χ4v) is 1.57. The monoisotopic (exact) mass is 342 g/mol. The first kappa shape index (κ1) is 24.1. The van der Waals surface area contributed by atoms with Crippen LogP contribution in [-0.4, -0.2) is 23.0 Å². The molecule has 0 saturated carbocycles. The van der Waals surface area contributed by atoms with Crippen LogP contribution in [0, 0.1) is 5.41 Å². The predicted molar refractivity (Wildman–Crippen MR) is 92.0 cm³/mol. The van der Waals surface area contributed by atoms with E-state index in [-0.39, 0.29) is 5.95 Å². The summed E-state index contributed by atoms with van der Waals surface area (Å²) in [6.45, 7) is 12.7. The number of carboxylic acid groups (broad SMARTS) is 1. The second kappa shape index (κ2) is 13.3. The summed E-state index contributed by atoms with van der Waals surface area (Å²) in [5, 5.41) is 8.37. The van der Waals surface area contributed by atoms with Gasteiger partial charge in [-0.2, -0.15) is 0 Å². The first-order chi connectivity index (χ1) is 11.0. The summed E-state index contributed by atoms with van der Waals surface area (Å²) in [4.78, 5) is 31.1. The third-order valence-corrected chi connectivity index (χ3v) is 2.59. The molecule has 24 heavy (non-hydrogen) atoms. The molecule has 6 nitrogen and oxygen atoms in total. The summed E-state index contributed by atoms with van der Waals surface area (Å²) in [5.41, 5.74) is 0.392. The predicted octanol–water partition coefficient (Wildman–Crippen LogP) is 4.21. The standard InChI is InChI=1S/C10H20O2.C8H10O4/c1-10(2,3)8-6-4-5-7-9(11)12;1-4-5-8(10)12-7(3)11-6(2)9/h4-8H2,1-3H3,(H,11,12);4-5H,3H2,1-2H3/b;5-4+. The molecule has 0 atom stereocenters. The van der Waals surface area contributed by atoms with Crippen molar-refractivity contribution in [2.45, 2.75) is 66.7 Å². The van der Waals surface area contributed by atoms with Crippen molar-refractivity contribution in [2.24, 2.45) is 5.41 Å². The first-order valence-electron chi connectivity index (χ1n) is 7.91. The van der Waals surface area contributed by atoms with Gasteiger partial charge in [-0.15, -0.1) is 0 Å². The molecule has 0 radical (unpaired) electrons. The van der Waals surface area contributed by atoms with Gasteiger partial charge in [0.05, 0.1) is 0 Å². The van der Waals surface area contributed by atoms with Gasteiger partial charge in [-0.25, -0.2) is 4.79 Å². The molecular formula is C18H30O6. The van der Waals surface area contributed by atoms with Crippen molar-refractivity contribution in [3.8, 4) is 0 Å². The smallest absolute Gasteiger partial charge is 0.338 e. The molecule has 0 aromatic rings. The summed E-state index contributed by atoms with van der Waals surface area (Å²) in [6.07, 6.45) is 7.22. The Morgan fingerprint density at radius 1 is 1.08 bits per heavy atom. The van der Waals surface area contributed by atoms with E-state index in [1.54, 1.807) is 6.92 Å². The van der Waals surface area contributed by atoms with Gasteiger partial charge in [0, 0.05) is 19.4 Å². The van der Waals surface area contributed by atoms with Crippen molar-refractivity contribution in [1.29, 1.82) is 0 Å². The van der Waals surface area contributed by atoms with Crippen LogP contribution in [0.1, 0.15) is 66.7 Å². The Bertz CT molecular complexity index is 443. The zero-order valence-electron chi connectivity index (χ0n) is 15.4. The third kappa shape index (κ3) is 22.2. The van der Waals surface area contributed by atoms with Gasteiger partial charge in [0.2, 0.25) is 0 Å². The highest BCUT2D eigenvalue weighted by Crippen LogP contribution is 2.22. The van der Waals surface area contributed by atoms with Gasteiger partial charge in [0.1, 0.15) is 0 Å². The number of hydrogen-bond acceptors (Lipinski definition) is 5. The summed E-state index contributed by atoms with van der Waals surface area (Å²) >= 11 is 0. The molecule has 0 aromatic heterocycles. The van der Waals surface area contributed by atoms with Crippen LogP contribution in [0.5, 0.6) is 0 Å². The molecule has 0 aromatic carbocycles. The van der Waals surface area contributed by atoms with Crippen molar-refractivity contribution in [3.05, 3.63) is 24.7 Å². The highest BCUT2D eigenvalue weighted by atomic mass is 16.7. The third-order valence-electron chi connectivity index (χ3n) is 2.59. The van der Waals surface area contributed by atoms with E-state index in [4.69, 9.17) is 5.11 Å². The molecule has 0 heterocycles. The van der Waals surface area contributed by atoms with Crippen LogP contribution < -0.4 is 0 Å². The lowest BCUT2D eigenvalue weighted by molar-refractivity contribution is -0.149. The number of hydrogen-bond donors (Lipinski definition) is 1. The molecular weight excluding hydrogens is 312 g/mol. The van der Waals surface area contributed by atoms with Gasteiger partial charge in [-0.3, -0.25) is 9.59 Å². The molecule has 0 aliphatic heterocycles. The van der Waals surface area contributed by atoms with E-state index in [0.717, 1.165) is 19.3 Å². The Morgan fingerprint density at radius 2 is 1.67 bits per heavy atom. The Labute approximate surface area is 144 Å². The van der Waals surface area contributed by atoms with E-state index >= 15 is 0 Å². The first-order valence-corrected chi connectivity index (χ1v) is 7.91. The van der Waals surface area contributed by atoms with Crippen LogP contribution in [0.3, 0.4) is 0 Å². The molecule has 0 bridgehead atoms. The maximum atomic E-state index is 10.7. The molecule has 0 rings (SSSR count). The fraction of sp³-hybridized carbons (Fsp3) is 0.611. The van der Waals surface area contributed by atoms with E-state index < -0.39 is 17.9 Å². The highest BCUT2D eigenvalue weighted by Gasteiger charge is 2.08. The van der Waals surface area contributed by atoms with Gasteiger partial charge in [0.15, 0.2) is 0 Å². The molecule has 0 spiro atoms. The van der Waals surface area contributed by atoms with Crippen molar-refractivity contribution in [3.63, 3.8) is 0 Å². The summed E-state index contributed by atoms with van der Waals surface area (Å²) in [7, 11) is 0. The largest absolute Gasteiger partial charge is 0.481 e. The van der Waals surface area contributed by atoms with Gasteiger partial charge >= 0.3 is 17.9 Å².